The summed E-state index contributed by atoms with van der Waals surface area (Å²) < 4.78 is 27.4. The van der Waals surface area contributed by atoms with Crippen LogP contribution in [0.25, 0.3) is 0 Å². The molecule has 0 aliphatic heterocycles. The number of rotatable bonds is 8. The summed E-state index contributed by atoms with van der Waals surface area (Å²) in [5.41, 5.74) is 0.912. The molecular formula is C13H19N3O2S3. The van der Waals surface area contributed by atoms with Gasteiger partial charge in [0.1, 0.15) is 9.22 Å². The SMILES string of the molecule is CCCNCc1ccc(S(=O)(=O)NCc2nc(C)cs2)s1. The van der Waals surface area contributed by atoms with Crippen LogP contribution in [0.5, 0.6) is 0 Å². The summed E-state index contributed by atoms with van der Waals surface area (Å²) in [4.78, 5) is 5.27. The van der Waals surface area contributed by atoms with Crippen molar-refractivity contribution < 1.29 is 8.42 Å². The van der Waals surface area contributed by atoms with E-state index in [2.05, 4.69) is 21.9 Å². The highest BCUT2D eigenvalue weighted by Crippen LogP contribution is 2.21. The van der Waals surface area contributed by atoms with Crippen molar-refractivity contribution in [2.75, 3.05) is 6.54 Å². The fraction of sp³-hybridized carbons (Fsp3) is 0.462. The Labute approximate surface area is 133 Å². The average molecular weight is 346 g/mol. The van der Waals surface area contributed by atoms with E-state index in [1.807, 2.05) is 18.4 Å². The van der Waals surface area contributed by atoms with Crippen LogP contribution in [0.2, 0.25) is 0 Å². The van der Waals surface area contributed by atoms with E-state index in [0.29, 0.717) is 10.8 Å². The van der Waals surface area contributed by atoms with Crippen LogP contribution < -0.4 is 10.0 Å². The van der Waals surface area contributed by atoms with Gasteiger partial charge in [0.2, 0.25) is 10.0 Å². The van der Waals surface area contributed by atoms with Crippen LogP contribution in [0.4, 0.5) is 0 Å². The van der Waals surface area contributed by atoms with Crippen molar-refractivity contribution in [3.63, 3.8) is 0 Å². The molecule has 0 bridgehead atoms. The molecule has 5 nitrogen and oxygen atoms in total. The minimum atomic E-state index is -3.45. The topological polar surface area (TPSA) is 71.1 Å². The molecule has 0 fully saturated rings. The summed E-state index contributed by atoms with van der Waals surface area (Å²) in [6, 6.07) is 3.51. The normalized spacial score (nSPS) is 11.9. The Balaban J connectivity index is 1.95. The third kappa shape index (κ3) is 4.86. The second kappa shape index (κ2) is 7.46. The fourth-order valence-electron chi connectivity index (χ4n) is 1.70. The van der Waals surface area contributed by atoms with Gasteiger partial charge in [0.15, 0.2) is 0 Å². The molecule has 2 aromatic rings. The third-order valence-electron chi connectivity index (χ3n) is 2.71. The highest BCUT2D eigenvalue weighted by atomic mass is 32.2. The molecule has 0 radical (unpaired) electrons. The molecule has 116 valence electrons. The van der Waals surface area contributed by atoms with E-state index in [0.717, 1.165) is 28.5 Å². The van der Waals surface area contributed by atoms with Gasteiger partial charge in [0.25, 0.3) is 0 Å². The minimum absolute atomic E-state index is 0.238. The largest absolute Gasteiger partial charge is 0.312 e. The summed E-state index contributed by atoms with van der Waals surface area (Å²) in [6.45, 7) is 5.87. The molecular weight excluding hydrogens is 326 g/mol. The predicted molar refractivity (Wildman–Crippen MR) is 87.2 cm³/mol. The van der Waals surface area contributed by atoms with Gasteiger partial charge < -0.3 is 5.32 Å². The Morgan fingerprint density at radius 2 is 2.10 bits per heavy atom. The molecule has 8 heteroatoms. The first-order chi connectivity index (χ1) is 10.0. The standard InChI is InChI=1S/C13H19N3O2S3/c1-3-6-14-7-11-4-5-13(20-11)21(17,18)15-8-12-16-10(2)9-19-12/h4-5,9,14-15H,3,6-8H2,1-2H3. The molecule has 0 aliphatic rings. The number of aryl methyl sites for hydroxylation is 1. The zero-order valence-electron chi connectivity index (χ0n) is 12.0. The van der Waals surface area contributed by atoms with Crippen LogP contribution in [0.3, 0.4) is 0 Å². The van der Waals surface area contributed by atoms with Crippen LogP contribution in [-0.2, 0) is 23.1 Å². The van der Waals surface area contributed by atoms with Crippen LogP contribution in [0.15, 0.2) is 21.7 Å². The number of nitrogens with zero attached hydrogens (tertiary/aromatic N) is 1. The second-order valence-corrected chi connectivity index (χ2v) is 8.71. The van der Waals surface area contributed by atoms with E-state index in [-0.39, 0.29) is 6.54 Å². The molecule has 0 saturated carbocycles. The van der Waals surface area contributed by atoms with Gasteiger partial charge in [0, 0.05) is 22.5 Å². The lowest BCUT2D eigenvalue weighted by molar-refractivity contribution is 0.583. The van der Waals surface area contributed by atoms with Crippen molar-refractivity contribution >= 4 is 32.7 Å². The molecule has 0 amide bonds. The van der Waals surface area contributed by atoms with Crippen molar-refractivity contribution in [1.29, 1.82) is 0 Å². The van der Waals surface area contributed by atoms with Gasteiger partial charge in [-0.1, -0.05) is 6.92 Å². The number of hydrogen-bond donors (Lipinski definition) is 2. The summed E-state index contributed by atoms with van der Waals surface area (Å²) in [7, 11) is -3.45. The van der Waals surface area contributed by atoms with E-state index < -0.39 is 10.0 Å². The first-order valence-electron chi connectivity index (χ1n) is 6.71. The van der Waals surface area contributed by atoms with E-state index in [1.54, 1.807) is 6.07 Å². The number of thiazole rings is 1. The van der Waals surface area contributed by atoms with Crippen LogP contribution in [0, 0.1) is 6.92 Å². The highest BCUT2D eigenvalue weighted by molar-refractivity contribution is 7.91. The Hall–Kier alpha value is -0.800. The number of thiophene rings is 1. The Morgan fingerprint density at radius 3 is 2.76 bits per heavy atom. The Kier molecular flexibility index (Phi) is 5.88. The summed E-state index contributed by atoms with van der Waals surface area (Å²) in [5, 5.41) is 5.95. The van der Waals surface area contributed by atoms with Crippen LogP contribution >= 0.6 is 22.7 Å². The number of sulfonamides is 1. The van der Waals surface area contributed by atoms with Crippen molar-refractivity contribution in [3.05, 3.63) is 33.1 Å². The first kappa shape index (κ1) is 16.6. The monoisotopic (exact) mass is 345 g/mol. The van der Waals surface area contributed by atoms with Gasteiger partial charge in [-0.15, -0.1) is 22.7 Å². The molecule has 21 heavy (non-hydrogen) atoms. The molecule has 2 rings (SSSR count). The zero-order chi connectivity index (χ0) is 15.3. The summed E-state index contributed by atoms with van der Waals surface area (Å²) in [5.74, 6) is 0. The van der Waals surface area contributed by atoms with E-state index >= 15 is 0 Å². The molecule has 0 unspecified atom stereocenters. The average Bonchev–Trinajstić information content (AvgIpc) is 3.06. The number of nitrogens with one attached hydrogen (secondary N) is 2. The van der Waals surface area contributed by atoms with Gasteiger partial charge in [-0.3, -0.25) is 0 Å². The minimum Gasteiger partial charge on any atom is -0.312 e. The molecule has 0 spiro atoms. The van der Waals surface area contributed by atoms with Crippen LogP contribution in [-0.4, -0.2) is 19.9 Å². The van der Waals surface area contributed by atoms with Gasteiger partial charge >= 0.3 is 0 Å². The second-order valence-electron chi connectivity index (χ2n) is 4.60. The maximum atomic E-state index is 12.2. The molecule has 0 saturated heterocycles. The first-order valence-corrected chi connectivity index (χ1v) is 9.89. The van der Waals surface area contributed by atoms with E-state index in [4.69, 9.17) is 0 Å². The fourth-order valence-corrected chi connectivity index (χ4v) is 4.86. The smallest absolute Gasteiger partial charge is 0.250 e. The zero-order valence-corrected chi connectivity index (χ0v) is 14.5. The Bertz CT molecular complexity index is 676. The molecule has 0 aliphatic carbocycles. The number of aromatic nitrogens is 1. The third-order valence-corrected chi connectivity index (χ3v) is 6.65. The Morgan fingerprint density at radius 1 is 1.29 bits per heavy atom. The van der Waals surface area contributed by atoms with E-state index in [9.17, 15) is 8.42 Å². The number of hydrogen-bond acceptors (Lipinski definition) is 6. The van der Waals surface area contributed by atoms with Crippen molar-refractivity contribution in [2.45, 2.75) is 37.6 Å². The lowest BCUT2D eigenvalue weighted by atomic mass is 10.4. The van der Waals surface area contributed by atoms with Crippen LogP contribution in [0.1, 0.15) is 28.9 Å². The summed E-state index contributed by atoms with van der Waals surface area (Å²) >= 11 is 2.76. The molecule has 2 aromatic heterocycles. The van der Waals surface area contributed by atoms with E-state index in [1.165, 1.54) is 22.7 Å². The van der Waals surface area contributed by atoms with Crippen molar-refractivity contribution in [1.82, 2.24) is 15.0 Å². The van der Waals surface area contributed by atoms with Gasteiger partial charge in [-0.05, 0) is 32.0 Å². The molecule has 2 heterocycles. The summed E-state index contributed by atoms with van der Waals surface area (Å²) in [6.07, 6.45) is 1.06. The predicted octanol–water partition coefficient (Wildman–Crippen LogP) is 2.49. The van der Waals surface area contributed by atoms with Crippen molar-refractivity contribution in [3.8, 4) is 0 Å². The van der Waals surface area contributed by atoms with Crippen molar-refractivity contribution in [2.24, 2.45) is 0 Å². The quantitative estimate of drug-likeness (QED) is 0.721. The lowest BCUT2D eigenvalue weighted by Gasteiger charge is -2.02. The molecule has 2 N–H and O–H groups in total. The highest BCUT2D eigenvalue weighted by Gasteiger charge is 2.17. The van der Waals surface area contributed by atoms with Gasteiger partial charge in [-0.25, -0.2) is 18.1 Å². The maximum absolute atomic E-state index is 12.2. The van der Waals surface area contributed by atoms with Gasteiger partial charge in [-0.2, -0.15) is 0 Å². The van der Waals surface area contributed by atoms with Gasteiger partial charge in [0.05, 0.1) is 6.54 Å². The maximum Gasteiger partial charge on any atom is 0.250 e. The lowest BCUT2D eigenvalue weighted by Crippen LogP contribution is -2.22. The molecule has 0 atom stereocenters. The molecule has 0 aromatic carbocycles.